The summed E-state index contributed by atoms with van der Waals surface area (Å²) in [6.07, 6.45) is 0.104. The van der Waals surface area contributed by atoms with E-state index in [1.54, 1.807) is 0 Å². The third-order valence-electron chi connectivity index (χ3n) is 2.38. The smallest absolute Gasteiger partial charge is 0.416 e. The number of amides is 1. The lowest BCUT2D eigenvalue weighted by Crippen LogP contribution is -2.40. The largest absolute Gasteiger partial charge is 0.480 e. The molecule has 0 saturated carbocycles. The predicted molar refractivity (Wildman–Crippen MR) is 63.8 cm³/mol. The number of terminal acetylenes is 1. The SMILES string of the molecule is C#CC[C@@H](NC(=O)c1cccc(C(F)(F)F)c1)C(=O)O. The minimum Gasteiger partial charge on any atom is -0.480 e. The van der Waals surface area contributed by atoms with E-state index in [0.29, 0.717) is 6.07 Å². The van der Waals surface area contributed by atoms with E-state index in [2.05, 4.69) is 11.2 Å². The van der Waals surface area contributed by atoms with Gasteiger partial charge in [-0.2, -0.15) is 13.2 Å². The summed E-state index contributed by atoms with van der Waals surface area (Å²) >= 11 is 0. The molecule has 0 fully saturated rings. The molecule has 1 rings (SSSR count). The molecule has 106 valence electrons. The fraction of sp³-hybridized carbons (Fsp3) is 0.231. The summed E-state index contributed by atoms with van der Waals surface area (Å²) in [7, 11) is 0. The number of carboxylic acid groups (broad SMARTS) is 1. The average molecular weight is 285 g/mol. The molecule has 20 heavy (non-hydrogen) atoms. The number of halogens is 3. The summed E-state index contributed by atoms with van der Waals surface area (Å²) in [6.45, 7) is 0. The van der Waals surface area contributed by atoms with Gasteiger partial charge in [0.2, 0.25) is 0 Å². The second kappa shape index (κ2) is 6.10. The van der Waals surface area contributed by atoms with Crippen LogP contribution in [-0.2, 0) is 11.0 Å². The van der Waals surface area contributed by atoms with E-state index in [9.17, 15) is 22.8 Å². The summed E-state index contributed by atoms with van der Waals surface area (Å²) in [5, 5.41) is 10.9. The molecule has 1 aromatic rings. The van der Waals surface area contributed by atoms with Gasteiger partial charge in [0.25, 0.3) is 5.91 Å². The van der Waals surface area contributed by atoms with Gasteiger partial charge in [0.1, 0.15) is 6.04 Å². The van der Waals surface area contributed by atoms with Gasteiger partial charge in [0, 0.05) is 12.0 Å². The monoisotopic (exact) mass is 285 g/mol. The Morgan fingerprint density at radius 3 is 2.55 bits per heavy atom. The molecule has 0 aliphatic rings. The molecule has 0 bridgehead atoms. The topological polar surface area (TPSA) is 66.4 Å². The minimum absolute atomic E-state index is 0.264. The van der Waals surface area contributed by atoms with Crippen LogP contribution in [0.1, 0.15) is 22.3 Å². The van der Waals surface area contributed by atoms with Crippen molar-refractivity contribution < 1.29 is 27.9 Å². The van der Waals surface area contributed by atoms with E-state index in [0.717, 1.165) is 18.2 Å². The fourth-order valence-electron chi connectivity index (χ4n) is 1.40. The van der Waals surface area contributed by atoms with E-state index in [-0.39, 0.29) is 12.0 Å². The number of rotatable bonds is 4. The van der Waals surface area contributed by atoms with Crippen molar-refractivity contribution in [3.05, 3.63) is 35.4 Å². The van der Waals surface area contributed by atoms with Crippen LogP contribution in [0.4, 0.5) is 13.2 Å². The summed E-state index contributed by atoms with van der Waals surface area (Å²) < 4.78 is 37.5. The normalized spacial score (nSPS) is 12.3. The Kier molecular flexibility index (Phi) is 4.75. The highest BCUT2D eigenvalue weighted by Crippen LogP contribution is 2.29. The van der Waals surface area contributed by atoms with Crippen LogP contribution >= 0.6 is 0 Å². The highest BCUT2D eigenvalue weighted by Gasteiger charge is 2.31. The lowest BCUT2D eigenvalue weighted by molar-refractivity contribution is -0.139. The second-order valence-electron chi connectivity index (χ2n) is 3.85. The molecule has 7 heteroatoms. The highest BCUT2D eigenvalue weighted by molar-refractivity contribution is 5.96. The van der Waals surface area contributed by atoms with E-state index >= 15 is 0 Å². The van der Waals surface area contributed by atoms with Gasteiger partial charge in [-0.1, -0.05) is 6.07 Å². The maximum absolute atomic E-state index is 12.5. The van der Waals surface area contributed by atoms with Crippen molar-refractivity contribution in [1.29, 1.82) is 0 Å². The molecule has 1 amide bonds. The molecule has 0 radical (unpaired) electrons. The first-order valence-corrected chi connectivity index (χ1v) is 5.40. The first kappa shape index (κ1) is 15.6. The molecule has 4 nitrogen and oxygen atoms in total. The average Bonchev–Trinajstić information content (AvgIpc) is 2.37. The molecule has 0 unspecified atom stereocenters. The molecule has 0 aromatic heterocycles. The Hall–Kier alpha value is -2.49. The van der Waals surface area contributed by atoms with Crippen molar-refractivity contribution in [2.45, 2.75) is 18.6 Å². The first-order chi connectivity index (χ1) is 9.25. The van der Waals surface area contributed by atoms with Crippen molar-refractivity contribution in [2.75, 3.05) is 0 Å². The molecule has 0 aliphatic heterocycles. The zero-order chi connectivity index (χ0) is 15.3. The molecule has 1 atom stereocenters. The minimum atomic E-state index is -4.58. The highest BCUT2D eigenvalue weighted by atomic mass is 19.4. The van der Waals surface area contributed by atoms with Crippen molar-refractivity contribution in [3.8, 4) is 12.3 Å². The Morgan fingerprint density at radius 2 is 2.05 bits per heavy atom. The van der Waals surface area contributed by atoms with Crippen LogP contribution in [0.5, 0.6) is 0 Å². The number of carbonyl (C=O) groups excluding carboxylic acids is 1. The standard InChI is InChI=1S/C13H10F3NO3/c1-2-4-10(12(19)20)17-11(18)8-5-3-6-9(7-8)13(14,15)16/h1,3,5-7,10H,4H2,(H,17,18)(H,19,20)/t10-/m1/s1. The lowest BCUT2D eigenvalue weighted by Gasteiger charge is -2.13. The van der Waals surface area contributed by atoms with E-state index in [1.165, 1.54) is 0 Å². The number of carbonyl (C=O) groups is 2. The second-order valence-corrected chi connectivity index (χ2v) is 3.85. The quantitative estimate of drug-likeness (QED) is 0.830. The lowest BCUT2D eigenvalue weighted by atomic mass is 10.1. The Balaban J connectivity index is 2.93. The molecule has 2 N–H and O–H groups in total. The van der Waals surface area contributed by atoms with Gasteiger partial charge in [-0.25, -0.2) is 4.79 Å². The van der Waals surface area contributed by atoms with Gasteiger partial charge in [-0.3, -0.25) is 4.79 Å². The van der Waals surface area contributed by atoms with Gasteiger partial charge >= 0.3 is 12.1 Å². The van der Waals surface area contributed by atoms with Crippen molar-refractivity contribution in [1.82, 2.24) is 5.32 Å². The molecule has 0 saturated heterocycles. The maximum Gasteiger partial charge on any atom is 0.416 e. The Labute approximate surface area is 112 Å². The van der Waals surface area contributed by atoms with Crippen LogP contribution in [0, 0.1) is 12.3 Å². The van der Waals surface area contributed by atoms with Crippen molar-refractivity contribution >= 4 is 11.9 Å². The molecule has 1 aromatic carbocycles. The maximum atomic E-state index is 12.5. The third-order valence-corrected chi connectivity index (χ3v) is 2.38. The van der Waals surface area contributed by atoms with E-state index in [4.69, 9.17) is 11.5 Å². The number of aliphatic carboxylic acids is 1. The number of nitrogens with one attached hydrogen (secondary N) is 1. The Bertz CT molecular complexity index is 561. The summed E-state index contributed by atoms with van der Waals surface area (Å²) in [5.74, 6) is -0.224. The van der Waals surface area contributed by atoms with Crippen LogP contribution in [0.15, 0.2) is 24.3 Å². The van der Waals surface area contributed by atoms with Crippen LogP contribution in [0.25, 0.3) is 0 Å². The van der Waals surface area contributed by atoms with Crippen molar-refractivity contribution in [3.63, 3.8) is 0 Å². The van der Waals surface area contributed by atoms with E-state index < -0.39 is 29.7 Å². The molecular formula is C13H10F3NO3. The molecule has 0 heterocycles. The van der Waals surface area contributed by atoms with Crippen molar-refractivity contribution in [2.24, 2.45) is 0 Å². The first-order valence-electron chi connectivity index (χ1n) is 5.40. The molecular weight excluding hydrogens is 275 g/mol. The molecule has 0 spiro atoms. The van der Waals surface area contributed by atoms with E-state index in [1.807, 2.05) is 0 Å². The number of benzene rings is 1. The van der Waals surface area contributed by atoms with Gasteiger partial charge < -0.3 is 10.4 Å². The van der Waals surface area contributed by atoms with Crippen LogP contribution in [0.2, 0.25) is 0 Å². The van der Waals surface area contributed by atoms with Crippen LogP contribution in [-0.4, -0.2) is 23.0 Å². The number of hydrogen-bond donors (Lipinski definition) is 2. The predicted octanol–water partition coefficient (Wildman–Crippen LogP) is 1.91. The summed E-state index contributed by atoms with van der Waals surface area (Å²) in [4.78, 5) is 22.5. The zero-order valence-electron chi connectivity index (χ0n) is 10.1. The van der Waals surface area contributed by atoms with Gasteiger partial charge in [0.15, 0.2) is 0 Å². The number of carboxylic acids is 1. The Morgan fingerprint density at radius 1 is 1.40 bits per heavy atom. The van der Waals surface area contributed by atoms with Crippen LogP contribution < -0.4 is 5.32 Å². The van der Waals surface area contributed by atoms with Gasteiger partial charge in [-0.05, 0) is 18.2 Å². The number of alkyl halides is 3. The summed E-state index contributed by atoms with van der Waals surface area (Å²) in [6, 6.07) is 2.33. The number of hydrogen-bond acceptors (Lipinski definition) is 2. The fourth-order valence-corrected chi connectivity index (χ4v) is 1.40. The zero-order valence-corrected chi connectivity index (χ0v) is 10.1. The summed E-state index contributed by atoms with van der Waals surface area (Å²) in [5.41, 5.74) is -1.28. The molecule has 0 aliphatic carbocycles. The van der Waals surface area contributed by atoms with Gasteiger partial charge in [0.05, 0.1) is 5.56 Å². The third kappa shape index (κ3) is 4.02. The van der Waals surface area contributed by atoms with Crippen LogP contribution in [0.3, 0.4) is 0 Å². The van der Waals surface area contributed by atoms with Gasteiger partial charge in [-0.15, -0.1) is 12.3 Å².